The number of hydrogen-bond donors (Lipinski definition) is 2. The number of hydrogen-bond acceptors (Lipinski definition) is 3. The molecular formula is C12H21ClN2S. The van der Waals surface area contributed by atoms with Crippen LogP contribution in [0.25, 0.3) is 0 Å². The predicted octanol–water partition coefficient (Wildman–Crippen LogP) is 3.01. The second kappa shape index (κ2) is 5.05. The molecule has 2 nitrogen and oxygen atoms in total. The van der Waals surface area contributed by atoms with Crippen molar-refractivity contribution in [1.29, 1.82) is 0 Å². The van der Waals surface area contributed by atoms with Gasteiger partial charge >= 0.3 is 0 Å². The Morgan fingerprint density at radius 3 is 2.38 bits per heavy atom. The van der Waals surface area contributed by atoms with Gasteiger partial charge in [0.05, 0.1) is 4.34 Å². The first-order valence-corrected chi connectivity index (χ1v) is 6.67. The van der Waals surface area contributed by atoms with E-state index in [0.29, 0.717) is 6.54 Å². The second-order valence-electron chi connectivity index (χ2n) is 5.43. The van der Waals surface area contributed by atoms with Gasteiger partial charge in [-0.1, -0.05) is 25.4 Å². The molecule has 0 amide bonds. The largest absolute Gasteiger partial charge is 0.329 e. The minimum absolute atomic E-state index is 0.0156. The van der Waals surface area contributed by atoms with Crippen molar-refractivity contribution in [1.82, 2.24) is 5.32 Å². The SMILES string of the molecule is CC(C)(CN)NCC(C)(C)c1ccc(Cl)s1. The lowest BCUT2D eigenvalue weighted by atomic mass is 9.90. The molecule has 1 heterocycles. The molecule has 4 heteroatoms. The van der Waals surface area contributed by atoms with Crippen LogP contribution in [0.5, 0.6) is 0 Å². The molecule has 0 saturated carbocycles. The fraction of sp³-hybridized carbons (Fsp3) is 0.667. The third kappa shape index (κ3) is 3.74. The fourth-order valence-electron chi connectivity index (χ4n) is 1.30. The minimum Gasteiger partial charge on any atom is -0.329 e. The van der Waals surface area contributed by atoms with Gasteiger partial charge in [-0.2, -0.15) is 0 Å². The number of thiophene rings is 1. The Labute approximate surface area is 107 Å². The van der Waals surface area contributed by atoms with Gasteiger partial charge in [0.25, 0.3) is 0 Å². The molecule has 1 aromatic rings. The summed E-state index contributed by atoms with van der Waals surface area (Å²) >= 11 is 7.61. The van der Waals surface area contributed by atoms with Gasteiger partial charge in [-0.05, 0) is 26.0 Å². The zero-order chi connectivity index (χ0) is 12.4. The number of nitrogens with two attached hydrogens (primary N) is 1. The van der Waals surface area contributed by atoms with E-state index in [4.69, 9.17) is 17.3 Å². The van der Waals surface area contributed by atoms with Crippen molar-refractivity contribution in [3.63, 3.8) is 0 Å². The van der Waals surface area contributed by atoms with Gasteiger partial charge < -0.3 is 11.1 Å². The van der Waals surface area contributed by atoms with E-state index in [9.17, 15) is 0 Å². The molecule has 0 aromatic carbocycles. The van der Waals surface area contributed by atoms with E-state index in [2.05, 4.69) is 39.1 Å². The molecule has 0 aliphatic heterocycles. The highest BCUT2D eigenvalue weighted by Crippen LogP contribution is 2.32. The summed E-state index contributed by atoms with van der Waals surface area (Å²) in [6.45, 7) is 10.2. The van der Waals surface area contributed by atoms with Crippen LogP contribution < -0.4 is 11.1 Å². The van der Waals surface area contributed by atoms with Gasteiger partial charge in [-0.15, -0.1) is 11.3 Å². The molecule has 0 aliphatic rings. The Bertz CT molecular complexity index is 345. The summed E-state index contributed by atoms with van der Waals surface area (Å²) in [6, 6.07) is 4.06. The molecule has 0 saturated heterocycles. The van der Waals surface area contributed by atoms with E-state index >= 15 is 0 Å². The van der Waals surface area contributed by atoms with Crippen LogP contribution in [-0.4, -0.2) is 18.6 Å². The highest BCUT2D eigenvalue weighted by molar-refractivity contribution is 7.16. The van der Waals surface area contributed by atoms with Crippen LogP contribution in [0.1, 0.15) is 32.6 Å². The molecule has 0 aliphatic carbocycles. The molecule has 0 radical (unpaired) electrons. The number of rotatable bonds is 5. The van der Waals surface area contributed by atoms with Crippen LogP contribution >= 0.6 is 22.9 Å². The van der Waals surface area contributed by atoms with E-state index in [1.807, 2.05) is 6.07 Å². The first kappa shape index (κ1) is 14.0. The second-order valence-corrected chi connectivity index (χ2v) is 7.14. The van der Waals surface area contributed by atoms with Crippen LogP contribution in [-0.2, 0) is 5.41 Å². The molecule has 1 aromatic heterocycles. The fourth-order valence-corrected chi connectivity index (χ4v) is 2.44. The topological polar surface area (TPSA) is 38.0 Å². The first-order valence-electron chi connectivity index (χ1n) is 5.48. The quantitative estimate of drug-likeness (QED) is 0.854. The maximum absolute atomic E-state index is 5.96. The van der Waals surface area contributed by atoms with Gasteiger partial charge in [0.1, 0.15) is 0 Å². The zero-order valence-corrected chi connectivity index (χ0v) is 12.0. The normalized spacial score (nSPS) is 13.1. The average Bonchev–Trinajstić information content (AvgIpc) is 2.63. The highest BCUT2D eigenvalue weighted by Gasteiger charge is 2.25. The summed E-state index contributed by atoms with van der Waals surface area (Å²) in [7, 11) is 0. The van der Waals surface area contributed by atoms with Crippen molar-refractivity contribution in [3.05, 3.63) is 21.3 Å². The van der Waals surface area contributed by atoms with Crippen molar-refractivity contribution >= 4 is 22.9 Å². The van der Waals surface area contributed by atoms with E-state index in [1.165, 1.54) is 4.88 Å². The monoisotopic (exact) mass is 260 g/mol. The Kier molecular flexibility index (Phi) is 4.41. The molecule has 0 spiro atoms. The summed E-state index contributed by atoms with van der Waals surface area (Å²) in [6.07, 6.45) is 0. The number of nitrogens with one attached hydrogen (secondary N) is 1. The van der Waals surface area contributed by atoms with Gasteiger partial charge in [0.15, 0.2) is 0 Å². The van der Waals surface area contributed by atoms with Crippen LogP contribution in [0.2, 0.25) is 4.34 Å². The van der Waals surface area contributed by atoms with Crippen LogP contribution in [0.3, 0.4) is 0 Å². The van der Waals surface area contributed by atoms with Crippen LogP contribution in [0, 0.1) is 0 Å². The van der Waals surface area contributed by atoms with E-state index in [0.717, 1.165) is 10.9 Å². The molecule has 92 valence electrons. The molecule has 16 heavy (non-hydrogen) atoms. The molecule has 0 fully saturated rings. The van der Waals surface area contributed by atoms with Crippen molar-refractivity contribution in [2.24, 2.45) is 5.73 Å². The van der Waals surface area contributed by atoms with Crippen molar-refractivity contribution in [2.45, 2.75) is 38.6 Å². The third-order valence-corrected chi connectivity index (χ3v) is 4.36. The van der Waals surface area contributed by atoms with E-state index in [-0.39, 0.29) is 11.0 Å². The van der Waals surface area contributed by atoms with Crippen molar-refractivity contribution < 1.29 is 0 Å². The Hall–Kier alpha value is -0.0900. The third-order valence-electron chi connectivity index (χ3n) is 2.76. The summed E-state index contributed by atoms with van der Waals surface area (Å²) in [5, 5.41) is 3.50. The molecular weight excluding hydrogens is 240 g/mol. The highest BCUT2D eigenvalue weighted by atomic mass is 35.5. The number of halogens is 1. The van der Waals surface area contributed by atoms with Gasteiger partial charge in [0.2, 0.25) is 0 Å². The minimum atomic E-state index is -0.0156. The van der Waals surface area contributed by atoms with Gasteiger partial charge in [-0.3, -0.25) is 0 Å². The van der Waals surface area contributed by atoms with Crippen LogP contribution in [0.4, 0.5) is 0 Å². The molecule has 0 bridgehead atoms. The smallest absolute Gasteiger partial charge is 0.0931 e. The lowest BCUT2D eigenvalue weighted by molar-refractivity contribution is 0.349. The van der Waals surface area contributed by atoms with Crippen molar-refractivity contribution in [2.75, 3.05) is 13.1 Å². The Morgan fingerprint density at radius 1 is 1.31 bits per heavy atom. The standard InChI is InChI=1S/C12H21ClN2S/c1-11(2,8-15-12(3,4)7-14)9-5-6-10(13)16-9/h5-6,15H,7-8,14H2,1-4H3. The average molecular weight is 261 g/mol. The molecule has 0 atom stereocenters. The molecule has 3 N–H and O–H groups in total. The molecule has 0 unspecified atom stereocenters. The Morgan fingerprint density at radius 2 is 1.94 bits per heavy atom. The summed E-state index contributed by atoms with van der Waals surface area (Å²) < 4.78 is 0.848. The predicted molar refractivity (Wildman–Crippen MR) is 73.5 cm³/mol. The summed E-state index contributed by atoms with van der Waals surface area (Å²) in [5.41, 5.74) is 5.77. The summed E-state index contributed by atoms with van der Waals surface area (Å²) in [4.78, 5) is 1.30. The maximum atomic E-state index is 5.96. The molecule has 1 rings (SSSR count). The van der Waals surface area contributed by atoms with Crippen molar-refractivity contribution in [3.8, 4) is 0 Å². The lowest BCUT2D eigenvalue weighted by Gasteiger charge is -2.31. The lowest BCUT2D eigenvalue weighted by Crippen LogP contribution is -2.50. The van der Waals surface area contributed by atoms with E-state index in [1.54, 1.807) is 11.3 Å². The van der Waals surface area contributed by atoms with Gasteiger partial charge in [-0.25, -0.2) is 0 Å². The maximum Gasteiger partial charge on any atom is 0.0931 e. The zero-order valence-electron chi connectivity index (χ0n) is 10.4. The van der Waals surface area contributed by atoms with Crippen LogP contribution in [0.15, 0.2) is 12.1 Å². The van der Waals surface area contributed by atoms with Gasteiger partial charge in [0, 0.05) is 28.9 Å². The van der Waals surface area contributed by atoms with E-state index < -0.39 is 0 Å². The summed E-state index contributed by atoms with van der Waals surface area (Å²) in [5.74, 6) is 0. The first-order chi connectivity index (χ1) is 7.27. The Balaban J connectivity index is 2.65.